The summed E-state index contributed by atoms with van der Waals surface area (Å²) in [6.07, 6.45) is 4.40. The van der Waals surface area contributed by atoms with E-state index in [0.717, 1.165) is 38.8 Å². The lowest BCUT2D eigenvalue weighted by Crippen LogP contribution is -2.50. The minimum atomic E-state index is -0.664. The van der Waals surface area contributed by atoms with E-state index in [0.29, 0.717) is 12.8 Å². The molecule has 0 aromatic rings. The van der Waals surface area contributed by atoms with Gasteiger partial charge in [0.2, 0.25) is 11.8 Å². The van der Waals surface area contributed by atoms with Crippen molar-refractivity contribution in [3.05, 3.63) is 0 Å². The average molecular weight is 338 g/mol. The number of nitrogens with one attached hydrogen (secondary N) is 3. The number of amides is 2. The standard InChI is InChI=1S/C12H27N5O2S2/c13-9(5-1-3-7-15-20)12(19)17-10(11(14)18)6-2-4-8-16-21/h9-10,15-16,20-21H,1-8,13H2,(H2,14,18)(H,17,19). The molecule has 0 saturated heterocycles. The summed E-state index contributed by atoms with van der Waals surface area (Å²) in [5, 5.41) is 2.63. The molecule has 21 heavy (non-hydrogen) atoms. The van der Waals surface area contributed by atoms with Crippen LogP contribution >= 0.6 is 25.6 Å². The molecule has 0 aliphatic heterocycles. The summed E-state index contributed by atoms with van der Waals surface area (Å²) in [4.78, 5) is 23.3. The molecule has 7 nitrogen and oxygen atoms in total. The summed E-state index contributed by atoms with van der Waals surface area (Å²) >= 11 is 7.76. The first kappa shape index (κ1) is 20.5. The lowest BCUT2D eigenvalue weighted by molar-refractivity contribution is -0.128. The maximum absolute atomic E-state index is 11.9. The van der Waals surface area contributed by atoms with Gasteiger partial charge in [-0.05, 0) is 32.1 Å². The van der Waals surface area contributed by atoms with Crippen LogP contribution in [0.15, 0.2) is 0 Å². The van der Waals surface area contributed by atoms with Crippen molar-refractivity contribution in [2.75, 3.05) is 13.1 Å². The molecule has 0 saturated carbocycles. The van der Waals surface area contributed by atoms with E-state index in [1.54, 1.807) is 0 Å². The quantitative estimate of drug-likeness (QED) is 0.180. The molecule has 0 spiro atoms. The highest BCUT2D eigenvalue weighted by atomic mass is 32.1. The van der Waals surface area contributed by atoms with Crippen LogP contribution in [0.5, 0.6) is 0 Å². The zero-order valence-electron chi connectivity index (χ0n) is 12.2. The average Bonchev–Trinajstić information content (AvgIpc) is 2.46. The van der Waals surface area contributed by atoms with Gasteiger partial charge in [-0.15, -0.1) is 0 Å². The number of hydrogen-bond acceptors (Lipinski definition) is 7. The number of primary amides is 1. The van der Waals surface area contributed by atoms with Crippen molar-refractivity contribution < 1.29 is 9.59 Å². The molecule has 0 aliphatic rings. The summed E-state index contributed by atoms with van der Waals surface area (Å²) < 4.78 is 5.46. The lowest BCUT2D eigenvalue weighted by atomic mass is 10.1. The van der Waals surface area contributed by atoms with Gasteiger partial charge in [0, 0.05) is 13.1 Å². The topological polar surface area (TPSA) is 122 Å². The first-order valence-corrected chi connectivity index (χ1v) is 8.01. The van der Waals surface area contributed by atoms with Crippen molar-refractivity contribution in [2.24, 2.45) is 11.5 Å². The van der Waals surface area contributed by atoms with Gasteiger partial charge >= 0.3 is 0 Å². The summed E-state index contributed by atoms with van der Waals surface area (Å²) in [6.45, 7) is 1.50. The number of hydrogen-bond donors (Lipinski definition) is 7. The Hall–Kier alpha value is -0.480. The highest BCUT2D eigenvalue weighted by Crippen LogP contribution is 2.03. The second kappa shape index (κ2) is 13.2. The molecule has 0 aliphatic carbocycles. The Kier molecular flexibility index (Phi) is 12.9. The van der Waals surface area contributed by atoms with E-state index in [4.69, 9.17) is 11.5 Å². The first-order chi connectivity index (χ1) is 10.0. The number of carbonyl (C=O) groups excluding carboxylic acids is 2. The second-order valence-electron chi connectivity index (χ2n) is 4.88. The van der Waals surface area contributed by atoms with E-state index in [-0.39, 0.29) is 5.91 Å². The van der Waals surface area contributed by atoms with E-state index in [1.807, 2.05) is 0 Å². The van der Waals surface area contributed by atoms with Crippen LogP contribution in [0, 0.1) is 0 Å². The number of nitrogens with two attached hydrogens (primary N) is 2. The maximum Gasteiger partial charge on any atom is 0.240 e. The van der Waals surface area contributed by atoms with Crippen molar-refractivity contribution in [2.45, 2.75) is 50.6 Å². The second-order valence-corrected chi connectivity index (χ2v) is 5.51. The monoisotopic (exact) mass is 337 g/mol. The van der Waals surface area contributed by atoms with Crippen LogP contribution in [-0.4, -0.2) is 37.0 Å². The van der Waals surface area contributed by atoms with Gasteiger partial charge in [-0.1, -0.05) is 32.1 Å². The predicted molar refractivity (Wildman–Crippen MR) is 90.8 cm³/mol. The molecular formula is C12H27N5O2S2. The number of rotatable bonds is 13. The Morgan fingerprint density at radius 2 is 1.48 bits per heavy atom. The fourth-order valence-corrected chi connectivity index (χ4v) is 2.13. The number of carbonyl (C=O) groups is 2. The first-order valence-electron chi connectivity index (χ1n) is 7.12. The fourth-order valence-electron chi connectivity index (χ4n) is 1.82. The maximum atomic E-state index is 11.9. The van der Waals surface area contributed by atoms with Gasteiger partial charge in [-0.25, -0.2) is 0 Å². The van der Waals surface area contributed by atoms with E-state index in [9.17, 15) is 9.59 Å². The van der Waals surface area contributed by atoms with Crippen LogP contribution in [0.1, 0.15) is 38.5 Å². The van der Waals surface area contributed by atoms with Crippen molar-refractivity contribution in [1.29, 1.82) is 0 Å². The minimum absolute atomic E-state index is 0.329. The fraction of sp³-hybridized carbons (Fsp3) is 0.833. The Morgan fingerprint density at radius 1 is 0.952 bits per heavy atom. The lowest BCUT2D eigenvalue weighted by Gasteiger charge is -2.18. The van der Waals surface area contributed by atoms with E-state index >= 15 is 0 Å². The molecule has 0 rings (SSSR count). The molecule has 2 unspecified atom stereocenters. The molecule has 2 atom stereocenters. The normalized spacial score (nSPS) is 13.7. The molecule has 0 bridgehead atoms. The Labute approximate surface area is 137 Å². The molecule has 0 fully saturated rings. The third kappa shape index (κ3) is 10.8. The zero-order valence-corrected chi connectivity index (χ0v) is 14.0. The number of unbranched alkanes of at least 4 members (excludes halogenated alkanes) is 2. The summed E-state index contributed by atoms with van der Waals surface area (Å²) in [5.74, 6) is -0.862. The molecule has 2 amide bonds. The van der Waals surface area contributed by atoms with E-state index in [2.05, 4.69) is 40.4 Å². The van der Waals surface area contributed by atoms with Crippen molar-refractivity contribution >= 4 is 37.4 Å². The van der Waals surface area contributed by atoms with Crippen molar-refractivity contribution in [1.82, 2.24) is 14.8 Å². The minimum Gasteiger partial charge on any atom is -0.368 e. The van der Waals surface area contributed by atoms with Gasteiger partial charge in [-0.2, -0.15) is 0 Å². The smallest absolute Gasteiger partial charge is 0.240 e. The van der Waals surface area contributed by atoms with E-state index < -0.39 is 18.0 Å². The van der Waals surface area contributed by atoms with Gasteiger partial charge in [0.15, 0.2) is 0 Å². The highest BCUT2D eigenvalue weighted by Gasteiger charge is 2.21. The SMILES string of the molecule is NC(=O)C(CCCCNS)NC(=O)C(N)CCCCNS. The van der Waals surface area contributed by atoms with Crippen LogP contribution < -0.4 is 26.2 Å². The van der Waals surface area contributed by atoms with Gasteiger partial charge in [0.1, 0.15) is 6.04 Å². The highest BCUT2D eigenvalue weighted by molar-refractivity contribution is 7.78. The van der Waals surface area contributed by atoms with Crippen LogP contribution in [0.2, 0.25) is 0 Å². The van der Waals surface area contributed by atoms with E-state index in [1.165, 1.54) is 0 Å². The third-order valence-corrected chi connectivity index (χ3v) is 3.53. The Bertz CT molecular complexity index is 307. The summed E-state index contributed by atoms with van der Waals surface area (Å²) in [5.41, 5.74) is 11.1. The summed E-state index contributed by atoms with van der Waals surface area (Å²) in [7, 11) is 0. The van der Waals surface area contributed by atoms with Crippen molar-refractivity contribution in [3.8, 4) is 0 Å². The molecule has 0 aromatic heterocycles. The van der Waals surface area contributed by atoms with Crippen LogP contribution in [-0.2, 0) is 9.59 Å². The van der Waals surface area contributed by atoms with Crippen molar-refractivity contribution in [3.63, 3.8) is 0 Å². The molecule has 0 radical (unpaired) electrons. The Morgan fingerprint density at radius 3 is 1.95 bits per heavy atom. The molecule has 0 heterocycles. The zero-order chi connectivity index (χ0) is 16.1. The van der Waals surface area contributed by atoms with Gasteiger partial charge in [-0.3, -0.25) is 19.0 Å². The number of thiol groups is 2. The van der Waals surface area contributed by atoms with Crippen LogP contribution in [0.4, 0.5) is 0 Å². The van der Waals surface area contributed by atoms with Crippen LogP contribution in [0.3, 0.4) is 0 Å². The Balaban J connectivity index is 4.05. The third-order valence-electron chi connectivity index (χ3n) is 3.08. The van der Waals surface area contributed by atoms with Gasteiger partial charge < -0.3 is 16.8 Å². The largest absolute Gasteiger partial charge is 0.368 e. The molecule has 9 heteroatoms. The van der Waals surface area contributed by atoms with Gasteiger partial charge in [0.05, 0.1) is 6.04 Å². The molecular weight excluding hydrogens is 310 g/mol. The molecule has 7 N–H and O–H groups in total. The summed E-state index contributed by atoms with van der Waals surface area (Å²) in [6, 6.07) is -1.28. The molecule has 0 aromatic carbocycles. The van der Waals surface area contributed by atoms with Gasteiger partial charge in [0.25, 0.3) is 0 Å². The molecule has 124 valence electrons. The van der Waals surface area contributed by atoms with Crippen LogP contribution in [0.25, 0.3) is 0 Å². The predicted octanol–water partition coefficient (Wildman–Crippen LogP) is -0.507.